The van der Waals surface area contributed by atoms with Gasteiger partial charge in [0.15, 0.2) is 0 Å². The highest BCUT2D eigenvalue weighted by Crippen LogP contribution is 1.75. The van der Waals surface area contributed by atoms with Gasteiger partial charge in [-0.1, -0.05) is 6.92 Å². The Balaban J connectivity index is 3.00. The number of hydrogen-bond donors (Lipinski definition) is 3. The van der Waals surface area contributed by atoms with Crippen LogP contribution in [0.1, 0.15) is 13.8 Å². The number of aliphatic hydroxyl groups excluding tert-OH is 1. The third-order valence-electron chi connectivity index (χ3n) is 1.31. The summed E-state index contributed by atoms with van der Waals surface area (Å²) in [5, 5.41) is 14.8. The van der Waals surface area contributed by atoms with Crippen LogP contribution >= 0.6 is 0 Å². The maximum atomic E-state index is 8.46. The summed E-state index contributed by atoms with van der Waals surface area (Å²) >= 11 is 0. The van der Waals surface area contributed by atoms with Crippen molar-refractivity contribution in [2.75, 3.05) is 26.2 Å². The number of hydrogen-bond acceptors (Lipinski definition) is 3. The van der Waals surface area contributed by atoms with E-state index in [1.54, 1.807) is 0 Å². The first-order chi connectivity index (χ1) is 4.81. The molecule has 0 aromatic heterocycles. The van der Waals surface area contributed by atoms with E-state index in [0.29, 0.717) is 12.6 Å². The molecule has 0 fully saturated rings. The summed E-state index contributed by atoms with van der Waals surface area (Å²) < 4.78 is 0. The monoisotopic (exact) mass is 146 g/mol. The lowest BCUT2D eigenvalue weighted by atomic mass is 10.3. The van der Waals surface area contributed by atoms with Crippen LogP contribution in [-0.4, -0.2) is 37.4 Å². The second-order valence-electron chi connectivity index (χ2n) is 2.39. The van der Waals surface area contributed by atoms with Gasteiger partial charge in [-0.05, 0) is 13.5 Å². The minimum atomic E-state index is 0.219. The first-order valence-corrected chi connectivity index (χ1v) is 3.86. The smallest absolute Gasteiger partial charge is 0.0556 e. The molecule has 3 heteroatoms. The molecule has 0 saturated carbocycles. The van der Waals surface area contributed by atoms with Crippen molar-refractivity contribution < 1.29 is 5.11 Å². The third-order valence-corrected chi connectivity index (χ3v) is 1.31. The Kier molecular flexibility index (Phi) is 6.91. The van der Waals surface area contributed by atoms with Gasteiger partial charge in [-0.15, -0.1) is 0 Å². The fourth-order valence-corrected chi connectivity index (χ4v) is 0.744. The van der Waals surface area contributed by atoms with Crippen molar-refractivity contribution in [1.29, 1.82) is 0 Å². The molecule has 62 valence electrons. The molecular formula is C7H18N2O. The molecule has 1 atom stereocenters. The lowest BCUT2D eigenvalue weighted by molar-refractivity contribution is 0.285. The standard InChI is InChI=1S/C7H18N2O/c1-3-8-6-7(2)9-4-5-10/h7-10H,3-6H2,1-2H3. The van der Waals surface area contributed by atoms with E-state index in [9.17, 15) is 0 Å². The lowest BCUT2D eigenvalue weighted by Crippen LogP contribution is -2.37. The Bertz CT molecular complexity index is 60.6. The molecule has 0 heterocycles. The average Bonchev–Trinajstić information content (AvgIpc) is 1.97. The van der Waals surface area contributed by atoms with Gasteiger partial charge in [-0.3, -0.25) is 0 Å². The molecule has 1 unspecified atom stereocenters. The third kappa shape index (κ3) is 6.01. The van der Waals surface area contributed by atoms with Crippen LogP contribution in [0, 0.1) is 0 Å². The van der Waals surface area contributed by atoms with E-state index < -0.39 is 0 Å². The van der Waals surface area contributed by atoms with Crippen LogP contribution < -0.4 is 10.6 Å². The summed E-state index contributed by atoms with van der Waals surface area (Å²) in [5.74, 6) is 0. The second-order valence-corrected chi connectivity index (χ2v) is 2.39. The maximum absolute atomic E-state index is 8.46. The molecule has 0 saturated heterocycles. The summed E-state index contributed by atoms with van der Waals surface area (Å²) in [6.45, 7) is 7.06. The fraction of sp³-hybridized carbons (Fsp3) is 1.00. The zero-order valence-electron chi connectivity index (χ0n) is 6.85. The van der Waals surface area contributed by atoms with E-state index in [2.05, 4.69) is 24.5 Å². The van der Waals surface area contributed by atoms with Gasteiger partial charge in [0.05, 0.1) is 6.61 Å². The molecule has 3 nitrogen and oxygen atoms in total. The van der Waals surface area contributed by atoms with Crippen molar-refractivity contribution in [1.82, 2.24) is 10.6 Å². The highest BCUT2D eigenvalue weighted by molar-refractivity contribution is 4.61. The SMILES string of the molecule is CCNCC(C)NCCO. The van der Waals surface area contributed by atoms with Crippen molar-refractivity contribution in [3.05, 3.63) is 0 Å². The molecule has 0 radical (unpaired) electrons. The number of rotatable bonds is 6. The van der Waals surface area contributed by atoms with E-state index in [1.165, 1.54) is 0 Å². The van der Waals surface area contributed by atoms with Gasteiger partial charge >= 0.3 is 0 Å². The minimum absolute atomic E-state index is 0.219. The molecule has 0 aromatic carbocycles. The van der Waals surface area contributed by atoms with Gasteiger partial charge < -0.3 is 15.7 Å². The van der Waals surface area contributed by atoms with E-state index in [4.69, 9.17) is 5.11 Å². The molecule has 0 bridgehead atoms. The molecule has 10 heavy (non-hydrogen) atoms. The van der Waals surface area contributed by atoms with Crippen LogP contribution in [0.4, 0.5) is 0 Å². The highest BCUT2D eigenvalue weighted by atomic mass is 16.3. The van der Waals surface area contributed by atoms with Crippen LogP contribution in [-0.2, 0) is 0 Å². The van der Waals surface area contributed by atoms with Crippen LogP contribution in [0.25, 0.3) is 0 Å². The van der Waals surface area contributed by atoms with Crippen molar-refractivity contribution in [3.63, 3.8) is 0 Å². The van der Waals surface area contributed by atoms with E-state index in [0.717, 1.165) is 13.1 Å². The summed E-state index contributed by atoms with van der Waals surface area (Å²) in [7, 11) is 0. The minimum Gasteiger partial charge on any atom is -0.395 e. The molecule has 0 aliphatic rings. The van der Waals surface area contributed by atoms with Crippen molar-refractivity contribution in [2.24, 2.45) is 0 Å². The Morgan fingerprint density at radius 3 is 2.70 bits per heavy atom. The van der Waals surface area contributed by atoms with Crippen LogP contribution in [0.5, 0.6) is 0 Å². The molecule has 0 amide bonds. The second kappa shape index (κ2) is 6.99. The summed E-state index contributed by atoms with van der Waals surface area (Å²) in [6.07, 6.45) is 0. The van der Waals surface area contributed by atoms with Gasteiger partial charge in [0.2, 0.25) is 0 Å². The van der Waals surface area contributed by atoms with Crippen molar-refractivity contribution in [2.45, 2.75) is 19.9 Å². The highest BCUT2D eigenvalue weighted by Gasteiger charge is 1.96. The van der Waals surface area contributed by atoms with Gasteiger partial charge in [-0.2, -0.15) is 0 Å². The van der Waals surface area contributed by atoms with Crippen molar-refractivity contribution >= 4 is 0 Å². The molecule has 3 N–H and O–H groups in total. The summed E-state index contributed by atoms with van der Waals surface area (Å²) in [4.78, 5) is 0. The molecule has 0 aliphatic heterocycles. The predicted octanol–water partition coefficient (Wildman–Crippen LogP) is -0.434. The average molecular weight is 146 g/mol. The van der Waals surface area contributed by atoms with Gasteiger partial charge in [-0.25, -0.2) is 0 Å². The number of nitrogens with one attached hydrogen (secondary N) is 2. The molecular weight excluding hydrogens is 128 g/mol. The van der Waals surface area contributed by atoms with E-state index in [1.807, 2.05) is 0 Å². The van der Waals surface area contributed by atoms with Crippen LogP contribution in [0.3, 0.4) is 0 Å². The van der Waals surface area contributed by atoms with Gasteiger partial charge in [0.25, 0.3) is 0 Å². The zero-order chi connectivity index (χ0) is 7.82. The number of aliphatic hydroxyl groups is 1. The van der Waals surface area contributed by atoms with Crippen molar-refractivity contribution in [3.8, 4) is 0 Å². The normalized spacial score (nSPS) is 13.5. The molecule has 0 spiro atoms. The molecule has 0 aliphatic carbocycles. The molecule has 0 rings (SSSR count). The zero-order valence-corrected chi connectivity index (χ0v) is 6.85. The summed E-state index contributed by atoms with van der Waals surface area (Å²) in [5.41, 5.74) is 0. The van der Waals surface area contributed by atoms with Gasteiger partial charge in [0.1, 0.15) is 0 Å². The van der Waals surface area contributed by atoms with Gasteiger partial charge in [0, 0.05) is 19.1 Å². The molecule has 0 aromatic rings. The first-order valence-electron chi connectivity index (χ1n) is 3.86. The number of likely N-dealkylation sites (N-methyl/N-ethyl adjacent to an activating group) is 1. The topological polar surface area (TPSA) is 44.3 Å². The Labute approximate surface area is 62.8 Å². The van der Waals surface area contributed by atoms with Crippen LogP contribution in [0.2, 0.25) is 0 Å². The Morgan fingerprint density at radius 2 is 2.20 bits per heavy atom. The first kappa shape index (κ1) is 9.88. The lowest BCUT2D eigenvalue weighted by Gasteiger charge is -2.12. The fourth-order valence-electron chi connectivity index (χ4n) is 0.744. The predicted molar refractivity (Wildman–Crippen MR) is 43.1 cm³/mol. The largest absolute Gasteiger partial charge is 0.395 e. The quantitative estimate of drug-likeness (QED) is 0.476. The summed E-state index contributed by atoms with van der Waals surface area (Å²) in [6, 6.07) is 0.451. The van der Waals surface area contributed by atoms with E-state index >= 15 is 0 Å². The van der Waals surface area contributed by atoms with Crippen LogP contribution in [0.15, 0.2) is 0 Å². The Hall–Kier alpha value is -0.120. The van der Waals surface area contributed by atoms with E-state index in [-0.39, 0.29) is 6.61 Å². The maximum Gasteiger partial charge on any atom is 0.0556 e. The Morgan fingerprint density at radius 1 is 1.50 bits per heavy atom.